The van der Waals surface area contributed by atoms with Gasteiger partial charge in [0.1, 0.15) is 5.75 Å². The molecule has 39 heavy (non-hydrogen) atoms. The number of fused-ring (bicyclic) bond motifs is 4. The Bertz CT molecular complexity index is 1770. The molecule has 3 aliphatic rings. The number of allylic oxidation sites excluding steroid dienone is 4. The number of aryl methyl sites for hydroxylation is 1. The summed E-state index contributed by atoms with van der Waals surface area (Å²) in [7, 11) is 0. The van der Waals surface area contributed by atoms with Gasteiger partial charge in [0, 0.05) is 11.3 Å². The number of hydrogen-bond acceptors (Lipinski definition) is 5. The quantitative estimate of drug-likeness (QED) is 0.510. The number of aromatic hydroxyl groups is 1. The average molecular weight is 526 g/mol. The monoisotopic (exact) mass is 525 g/mol. The van der Waals surface area contributed by atoms with Gasteiger partial charge in [0.25, 0.3) is 0 Å². The van der Waals surface area contributed by atoms with Crippen LogP contribution in [0.3, 0.4) is 0 Å². The number of hydrogen-bond donors (Lipinski definition) is 1. The van der Waals surface area contributed by atoms with Crippen LogP contribution in [-0.4, -0.2) is 30.6 Å². The summed E-state index contributed by atoms with van der Waals surface area (Å²) >= 11 is 0. The van der Waals surface area contributed by atoms with Crippen molar-refractivity contribution in [3.05, 3.63) is 103 Å². The molecule has 0 radical (unpaired) electrons. The molecule has 6 rings (SSSR count). The number of phenols is 1. The summed E-state index contributed by atoms with van der Waals surface area (Å²) in [6.07, 6.45) is 2.15. The fourth-order valence-electron chi connectivity index (χ4n) is 7.23. The van der Waals surface area contributed by atoms with Crippen LogP contribution in [0.25, 0.3) is 5.69 Å². The lowest BCUT2D eigenvalue weighted by Gasteiger charge is -2.58. The van der Waals surface area contributed by atoms with Gasteiger partial charge in [-0.1, -0.05) is 50.3 Å². The van der Waals surface area contributed by atoms with Gasteiger partial charge in [0.05, 0.1) is 23.7 Å². The zero-order valence-electron chi connectivity index (χ0n) is 22.7. The van der Waals surface area contributed by atoms with Gasteiger partial charge >= 0.3 is 11.4 Å². The van der Waals surface area contributed by atoms with E-state index in [1.54, 1.807) is 57.2 Å². The Balaban J connectivity index is 1.65. The lowest BCUT2D eigenvalue weighted by atomic mass is 9.43. The van der Waals surface area contributed by atoms with Crippen molar-refractivity contribution >= 4 is 11.6 Å². The Hall–Kier alpha value is -4.20. The Kier molecular flexibility index (Phi) is 5.24. The maximum atomic E-state index is 14.2. The lowest BCUT2D eigenvalue weighted by molar-refractivity contribution is -0.151. The predicted octanol–water partition coefficient (Wildman–Crippen LogP) is 3.98. The van der Waals surface area contributed by atoms with Crippen molar-refractivity contribution in [1.29, 1.82) is 0 Å². The number of carbonyl (C=O) groups excluding carboxylic acids is 2. The van der Waals surface area contributed by atoms with Crippen molar-refractivity contribution in [1.82, 2.24) is 13.9 Å². The van der Waals surface area contributed by atoms with Crippen molar-refractivity contribution in [3.8, 4) is 11.4 Å². The van der Waals surface area contributed by atoms with E-state index in [0.29, 0.717) is 22.4 Å². The maximum Gasteiger partial charge on any atom is 0.352 e. The first kappa shape index (κ1) is 25.1. The molecular formula is C31H31N3O5. The van der Waals surface area contributed by atoms with Crippen LogP contribution in [0.1, 0.15) is 57.2 Å². The number of carbonyl (C=O) groups is 2. The van der Waals surface area contributed by atoms with Crippen LogP contribution in [0.4, 0.5) is 0 Å². The molecule has 2 aromatic carbocycles. The summed E-state index contributed by atoms with van der Waals surface area (Å²) in [4.78, 5) is 55.7. The largest absolute Gasteiger partial charge is 0.508 e. The van der Waals surface area contributed by atoms with E-state index < -0.39 is 34.2 Å². The van der Waals surface area contributed by atoms with E-state index in [1.165, 1.54) is 9.36 Å². The summed E-state index contributed by atoms with van der Waals surface area (Å²) in [5.74, 6) is -0.610. The SMILES string of the molecule is CC1=C(C)C(=O)[C@@]2(C)[C@@H](c3ccc(O)c(C)c3)C3=CCn4c(=O)n(-c5ccccc5)c(=O)n4[C@@H]3C[C@@]2(C)C1=O. The Morgan fingerprint density at radius 1 is 0.872 bits per heavy atom. The molecule has 1 fully saturated rings. The fourth-order valence-corrected chi connectivity index (χ4v) is 7.23. The van der Waals surface area contributed by atoms with Crippen LogP contribution >= 0.6 is 0 Å². The van der Waals surface area contributed by atoms with Gasteiger partial charge in [-0.25, -0.2) is 23.5 Å². The topological polar surface area (TPSA) is 103 Å². The molecule has 0 bridgehead atoms. The second-order valence-corrected chi connectivity index (χ2v) is 11.5. The molecule has 2 aliphatic carbocycles. The van der Waals surface area contributed by atoms with Gasteiger partial charge in [-0.2, -0.15) is 0 Å². The maximum absolute atomic E-state index is 14.2. The highest BCUT2D eigenvalue weighted by Gasteiger charge is 2.66. The first-order valence-electron chi connectivity index (χ1n) is 13.2. The molecule has 0 unspecified atom stereocenters. The molecule has 1 aromatic heterocycles. The van der Waals surface area contributed by atoms with E-state index in [9.17, 15) is 24.3 Å². The summed E-state index contributed by atoms with van der Waals surface area (Å²) in [5.41, 5.74) is 0.443. The second-order valence-electron chi connectivity index (χ2n) is 11.5. The molecule has 0 amide bonds. The Labute approximate surface area is 225 Å². The Morgan fingerprint density at radius 2 is 1.54 bits per heavy atom. The van der Waals surface area contributed by atoms with E-state index >= 15 is 0 Å². The molecule has 3 aromatic rings. The zero-order chi connectivity index (χ0) is 28.0. The molecule has 4 atom stereocenters. The normalized spacial score (nSPS) is 28.1. The number of ketones is 2. The highest BCUT2D eigenvalue weighted by atomic mass is 16.3. The molecule has 8 nitrogen and oxygen atoms in total. The average Bonchev–Trinajstić information content (AvgIpc) is 3.18. The standard InChI is InChI=1S/C31H31N3O5/c1-17-15-20(11-12-24(17)35)25-22-13-14-32-28(38)33(21-9-7-6-8-10-21)29(39)34(32)23(22)16-30(4)26(36)18(2)19(3)27(37)31(25,30)5/h6-13,15,23,25,35H,14,16H2,1-5H3/t23-,25+,30+,31-/m1/s1. The lowest BCUT2D eigenvalue weighted by Crippen LogP contribution is -2.61. The van der Waals surface area contributed by atoms with E-state index in [4.69, 9.17) is 0 Å². The molecule has 0 spiro atoms. The second kappa shape index (κ2) is 8.15. The summed E-state index contributed by atoms with van der Waals surface area (Å²) in [5, 5.41) is 10.3. The minimum absolute atomic E-state index is 0.0886. The molecule has 200 valence electrons. The van der Waals surface area contributed by atoms with Crippen molar-refractivity contribution in [3.63, 3.8) is 0 Å². The predicted molar refractivity (Wildman–Crippen MR) is 146 cm³/mol. The van der Waals surface area contributed by atoms with Crippen LogP contribution in [0.2, 0.25) is 0 Å². The van der Waals surface area contributed by atoms with Crippen LogP contribution in [0.5, 0.6) is 5.75 Å². The van der Waals surface area contributed by atoms with E-state index in [2.05, 4.69) is 0 Å². The minimum atomic E-state index is -1.14. The third-order valence-electron chi connectivity index (χ3n) is 9.68. The zero-order valence-corrected chi connectivity index (χ0v) is 22.7. The molecule has 1 N–H and O–H groups in total. The third kappa shape index (κ3) is 3.05. The van der Waals surface area contributed by atoms with Crippen molar-refractivity contribution in [2.75, 3.05) is 0 Å². The van der Waals surface area contributed by atoms with Gasteiger partial charge in [-0.3, -0.25) is 9.59 Å². The van der Waals surface area contributed by atoms with Gasteiger partial charge in [-0.15, -0.1) is 0 Å². The van der Waals surface area contributed by atoms with E-state index in [0.717, 1.165) is 15.7 Å². The van der Waals surface area contributed by atoms with Crippen LogP contribution < -0.4 is 11.4 Å². The van der Waals surface area contributed by atoms with E-state index in [1.807, 2.05) is 32.1 Å². The summed E-state index contributed by atoms with van der Waals surface area (Å²) in [6, 6.07) is 13.4. The van der Waals surface area contributed by atoms with Gasteiger partial charge in [0.2, 0.25) is 0 Å². The van der Waals surface area contributed by atoms with Crippen LogP contribution in [-0.2, 0) is 16.1 Å². The number of nitrogens with zero attached hydrogens (tertiary/aromatic N) is 3. The minimum Gasteiger partial charge on any atom is -0.508 e. The summed E-state index contributed by atoms with van der Waals surface area (Å²) in [6.45, 7) is 9.06. The van der Waals surface area contributed by atoms with Gasteiger partial charge in [-0.05, 0) is 73.2 Å². The van der Waals surface area contributed by atoms with Crippen LogP contribution in [0.15, 0.2) is 80.9 Å². The molecule has 0 saturated heterocycles. The highest BCUT2D eigenvalue weighted by molar-refractivity contribution is 6.17. The molecular weight excluding hydrogens is 494 g/mol. The summed E-state index contributed by atoms with van der Waals surface area (Å²) < 4.78 is 4.07. The van der Waals surface area contributed by atoms with Crippen molar-refractivity contribution in [2.24, 2.45) is 10.8 Å². The molecule has 8 heteroatoms. The van der Waals surface area contributed by atoms with Gasteiger partial charge in [0.15, 0.2) is 11.6 Å². The highest BCUT2D eigenvalue weighted by Crippen LogP contribution is 2.66. The van der Waals surface area contributed by atoms with E-state index in [-0.39, 0.29) is 30.3 Å². The molecule has 1 saturated carbocycles. The van der Waals surface area contributed by atoms with Crippen molar-refractivity contribution < 1.29 is 14.7 Å². The number of rotatable bonds is 2. The number of para-hydroxylation sites is 1. The first-order valence-corrected chi connectivity index (χ1v) is 13.2. The number of aromatic nitrogens is 3. The fraction of sp³-hybridized carbons (Fsp3) is 0.355. The molecule has 2 heterocycles. The molecule has 1 aliphatic heterocycles. The number of benzene rings is 2. The van der Waals surface area contributed by atoms with Gasteiger partial charge < -0.3 is 5.11 Å². The Morgan fingerprint density at radius 3 is 2.21 bits per heavy atom. The number of phenolic OH excluding ortho intramolecular Hbond substituents is 1. The van der Waals surface area contributed by atoms with Crippen LogP contribution in [0, 0.1) is 17.8 Å². The number of Topliss-reactive ketones (excluding diaryl/α,β-unsaturated/α-hetero) is 2. The smallest absolute Gasteiger partial charge is 0.352 e. The first-order chi connectivity index (χ1) is 18.4. The van der Waals surface area contributed by atoms with Crippen molar-refractivity contribution in [2.45, 2.75) is 59.5 Å². The third-order valence-corrected chi connectivity index (χ3v) is 9.68.